The summed E-state index contributed by atoms with van der Waals surface area (Å²) in [5.74, 6) is 0. The molecule has 0 amide bonds. The van der Waals surface area contributed by atoms with Crippen molar-refractivity contribution in [1.29, 1.82) is 0 Å². The van der Waals surface area contributed by atoms with E-state index in [1.54, 1.807) is 0 Å². The van der Waals surface area contributed by atoms with Gasteiger partial charge in [-0.25, -0.2) is 0 Å². The molecule has 0 saturated heterocycles. The molecule has 0 aliphatic rings. The second kappa shape index (κ2) is 7.78. The van der Waals surface area contributed by atoms with Gasteiger partial charge in [0.2, 0.25) is 0 Å². The van der Waals surface area contributed by atoms with Crippen LogP contribution in [0.25, 0.3) is 0 Å². The van der Waals surface area contributed by atoms with Crippen molar-refractivity contribution in [1.82, 2.24) is 0 Å². The normalized spacial score (nSPS) is 11.8. The van der Waals surface area contributed by atoms with E-state index in [0.717, 1.165) is 6.92 Å². The summed E-state index contributed by atoms with van der Waals surface area (Å²) >= 11 is 0. The van der Waals surface area contributed by atoms with Crippen molar-refractivity contribution in [3.63, 3.8) is 0 Å². The van der Waals surface area contributed by atoms with E-state index in [9.17, 15) is 9.13 Å². The zero-order chi connectivity index (χ0) is 8.58. The molecule has 0 aromatic heterocycles. The molecule has 66 valence electrons. The third-order valence-corrected chi connectivity index (χ3v) is 4.73. The molecule has 0 fully saturated rings. The molecular formula is C2H10K2O6P2. The minimum absolute atomic E-state index is 0. The first-order valence-corrected chi connectivity index (χ1v) is 5.62. The van der Waals surface area contributed by atoms with Gasteiger partial charge in [-0.1, -0.05) is 0 Å². The Morgan fingerprint density at radius 3 is 1.08 bits per heavy atom. The van der Waals surface area contributed by atoms with Crippen LogP contribution in [0.1, 0.15) is 6.92 Å². The predicted molar refractivity (Wildman–Crippen MR) is 47.8 cm³/mol. The zero-order valence-corrected chi connectivity index (χ0v) is 6.87. The van der Waals surface area contributed by atoms with Crippen LogP contribution >= 0.6 is 15.2 Å². The molecule has 0 aliphatic carbocycles. The quantitative estimate of drug-likeness (QED) is 0.354. The summed E-state index contributed by atoms with van der Waals surface area (Å²) in [6.07, 6.45) is 0. The molecule has 0 atom stereocenters. The van der Waals surface area contributed by atoms with Crippen LogP contribution in [-0.2, 0) is 9.13 Å². The van der Waals surface area contributed by atoms with Gasteiger partial charge in [-0.2, -0.15) is 0 Å². The van der Waals surface area contributed by atoms with Gasteiger partial charge in [0.05, 0.1) is 0 Å². The summed E-state index contributed by atoms with van der Waals surface area (Å²) < 4.78 is 20.4. The van der Waals surface area contributed by atoms with Crippen molar-refractivity contribution in [3.8, 4) is 0 Å². The monoisotopic (exact) mass is 270 g/mol. The molecule has 0 rings (SSSR count). The van der Waals surface area contributed by atoms with Crippen LogP contribution in [0.5, 0.6) is 0 Å². The molecule has 0 radical (unpaired) electrons. The molecule has 0 aliphatic heterocycles. The van der Waals surface area contributed by atoms with Gasteiger partial charge in [0.1, 0.15) is 0 Å². The van der Waals surface area contributed by atoms with Gasteiger partial charge in [0.25, 0.3) is 0 Å². The van der Waals surface area contributed by atoms with Gasteiger partial charge >= 0.3 is 118 Å². The third-order valence-electron chi connectivity index (χ3n) is 0.974. The molecule has 0 aromatic carbocycles. The summed E-state index contributed by atoms with van der Waals surface area (Å²) in [7, 11) is -9.28. The SMILES string of the molecule is CC(P(=O)(O)O)P(=O)(O)O.[KH].[KH]. The first kappa shape index (κ1) is 20.9. The Morgan fingerprint density at radius 1 is 0.917 bits per heavy atom. The first-order valence-electron chi connectivity index (χ1n) is 2.26. The molecule has 6 nitrogen and oxygen atoms in total. The van der Waals surface area contributed by atoms with Crippen LogP contribution < -0.4 is 0 Å². The maximum absolute atomic E-state index is 10.2. The van der Waals surface area contributed by atoms with Gasteiger partial charge in [-0.05, 0) is 6.92 Å². The topological polar surface area (TPSA) is 115 Å². The Labute approximate surface area is 155 Å². The van der Waals surface area contributed by atoms with Gasteiger partial charge in [-0.15, -0.1) is 0 Å². The minimum atomic E-state index is -4.64. The van der Waals surface area contributed by atoms with Crippen LogP contribution in [0.15, 0.2) is 0 Å². The molecule has 0 spiro atoms. The van der Waals surface area contributed by atoms with Crippen LogP contribution in [0, 0.1) is 0 Å². The van der Waals surface area contributed by atoms with E-state index in [-0.39, 0.29) is 103 Å². The molecular weight excluding hydrogens is 260 g/mol. The van der Waals surface area contributed by atoms with Gasteiger partial charge in [0, 0.05) is 0 Å². The number of rotatable bonds is 2. The fraction of sp³-hybridized carbons (Fsp3) is 1.00. The molecule has 4 N–H and O–H groups in total. The Morgan fingerprint density at radius 2 is 1.08 bits per heavy atom. The molecule has 0 saturated carbocycles. The second-order valence-corrected chi connectivity index (χ2v) is 6.12. The maximum atomic E-state index is 10.2. The van der Waals surface area contributed by atoms with E-state index in [4.69, 9.17) is 19.6 Å². The van der Waals surface area contributed by atoms with Crippen molar-refractivity contribution in [2.45, 2.75) is 12.3 Å². The molecule has 10 heteroatoms. The Bertz CT molecular complexity index is 184. The van der Waals surface area contributed by atoms with E-state index in [2.05, 4.69) is 0 Å². The molecule has 12 heavy (non-hydrogen) atoms. The number of hydrogen-bond donors (Lipinski definition) is 4. The standard InChI is InChI=1S/C2H8O6P2.2K.2H/c1-2(9(3,4)5)10(6,7)8;;;;/h2H,1H3,(H2,3,4,5)(H2,6,7,8);;;;. The second-order valence-electron chi connectivity index (χ2n) is 1.81. The Balaban J connectivity index is -0.000000405. The van der Waals surface area contributed by atoms with Crippen molar-refractivity contribution < 1.29 is 28.7 Å². The Hall–Kier alpha value is 3.57. The van der Waals surface area contributed by atoms with Crippen molar-refractivity contribution in [2.75, 3.05) is 0 Å². The molecule has 0 aromatic rings. The van der Waals surface area contributed by atoms with Crippen LogP contribution in [0.2, 0.25) is 0 Å². The average molecular weight is 270 g/mol. The fourth-order valence-electron chi connectivity index (χ4n) is 0.196. The zero-order valence-electron chi connectivity index (χ0n) is 5.08. The van der Waals surface area contributed by atoms with Gasteiger partial charge in [0.15, 0.2) is 5.40 Å². The summed E-state index contributed by atoms with van der Waals surface area (Å²) in [6, 6.07) is 0. The fourth-order valence-corrected chi connectivity index (χ4v) is 1.76. The molecule has 0 heterocycles. The van der Waals surface area contributed by atoms with E-state index in [0.29, 0.717) is 0 Å². The van der Waals surface area contributed by atoms with Crippen LogP contribution in [0.3, 0.4) is 0 Å². The summed E-state index contributed by atoms with van der Waals surface area (Å²) in [4.78, 5) is 33.0. The van der Waals surface area contributed by atoms with E-state index in [1.807, 2.05) is 0 Å². The number of hydrogen-bond acceptors (Lipinski definition) is 2. The van der Waals surface area contributed by atoms with E-state index in [1.165, 1.54) is 0 Å². The summed E-state index contributed by atoms with van der Waals surface area (Å²) in [5.41, 5.74) is 0. The first-order chi connectivity index (χ1) is 4.15. The van der Waals surface area contributed by atoms with Gasteiger partial charge in [-0.3, -0.25) is 9.13 Å². The summed E-state index contributed by atoms with van der Waals surface area (Å²) in [6.45, 7) is 0.807. The van der Waals surface area contributed by atoms with Gasteiger partial charge < -0.3 is 19.6 Å². The average Bonchev–Trinajstić information content (AvgIpc) is 1.59. The van der Waals surface area contributed by atoms with Crippen LogP contribution in [0.4, 0.5) is 0 Å². The molecule has 0 bridgehead atoms. The summed E-state index contributed by atoms with van der Waals surface area (Å²) in [5, 5.41) is -1.90. The molecule has 0 unspecified atom stereocenters. The van der Waals surface area contributed by atoms with Crippen molar-refractivity contribution >= 4 is 118 Å². The van der Waals surface area contributed by atoms with Crippen molar-refractivity contribution in [3.05, 3.63) is 0 Å². The third kappa shape index (κ3) is 8.85. The van der Waals surface area contributed by atoms with Crippen molar-refractivity contribution in [2.24, 2.45) is 0 Å². The van der Waals surface area contributed by atoms with Crippen LogP contribution in [-0.4, -0.2) is 128 Å². The predicted octanol–water partition coefficient (Wildman–Crippen LogP) is -1.61. The van der Waals surface area contributed by atoms with E-state index < -0.39 is 20.6 Å². The van der Waals surface area contributed by atoms with E-state index >= 15 is 0 Å². The Kier molecular flexibility index (Phi) is 13.6.